The molecule has 0 bridgehead atoms. The standard InChI is InChI=1S/C22H22ClN3O3/c1-4-13-29-19-12-8-5-9-16(19)14-24-26-22(28)20(15(2)3)25-21(27)17-10-6-7-11-18(17)23/h1,5-12,14-15,20H,13H2,2-3H3,(H,25,27)(H,26,28). The predicted molar refractivity (Wildman–Crippen MR) is 114 cm³/mol. The van der Waals surface area contributed by atoms with Crippen LogP contribution in [0.1, 0.15) is 29.8 Å². The van der Waals surface area contributed by atoms with Crippen molar-refractivity contribution in [2.24, 2.45) is 11.0 Å². The van der Waals surface area contributed by atoms with Crippen LogP contribution in [0.3, 0.4) is 0 Å². The molecule has 29 heavy (non-hydrogen) atoms. The number of nitrogens with one attached hydrogen (secondary N) is 2. The summed E-state index contributed by atoms with van der Waals surface area (Å²) in [5.74, 6) is 1.91. The largest absolute Gasteiger partial charge is 0.480 e. The number of rotatable bonds is 8. The second-order valence-corrected chi connectivity index (χ2v) is 6.85. The van der Waals surface area contributed by atoms with Gasteiger partial charge in [0.05, 0.1) is 16.8 Å². The molecule has 0 aliphatic rings. The summed E-state index contributed by atoms with van der Waals surface area (Å²) in [5.41, 5.74) is 3.41. The number of amides is 2. The molecule has 2 amide bonds. The van der Waals surface area contributed by atoms with Crippen molar-refractivity contribution < 1.29 is 14.3 Å². The first-order chi connectivity index (χ1) is 13.9. The molecule has 0 saturated carbocycles. The summed E-state index contributed by atoms with van der Waals surface area (Å²) in [6.07, 6.45) is 6.67. The van der Waals surface area contributed by atoms with Crippen molar-refractivity contribution in [3.63, 3.8) is 0 Å². The number of nitrogens with zero attached hydrogens (tertiary/aromatic N) is 1. The molecule has 0 aliphatic heterocycles. The van der Waals surface area contributed by atoms with Crippen LogP contribution in [0, 0.1) is 18.3 Å². The summed E-state index contributed by atoms with van der Waals surface area (Å²) in [5, 5.41) is 7.00. The van der Waals surface area contributed by atoms with Crippen LogP contribution in [-0.2, 0) is 4.79 Å². The summed E-state index contributed by atoms with van der Waals surface area (Å²) in [4.78, 5) is 25.0. The zero-order valence-corrected chi connectivity index (χ0v) is 16.9. The number of ether oxygens (including phenoxy) is 1. The molecule has 0 spiro atoms. The lowest BCUT2D eigenvalue weighted by Crippen LogP contribution is -2.48. The van der Waals surface area contributed by atoms with Gasteiger partial charge in [-0.15, -0.1) is 6.42 Å². The Morgan fingerprint density at radius 2 is 1.90 bits per heavy atom. The maximum Gasteiger partial charge on any atom is 0.262 e. The van der Waals surface area contributed by atoms with Gasteiger partial charge < -0.3 is 10.1 Å². The molecule has 6 nitrogen and oxygen atoms in total. The highest BCUT2D eigenvalue weighted by molar-refractivity contribution is 6.33. The van der Waals surface area contributed by atoms with E-state index in [1.54, 1.807) is 42.5 Å². The van der Waals surface area contributed by atoms with Crippen LogP contribution in [0.15, 0.2) is 53.6 Å². The van der Waals surface area contributed by atoms with Crippen LogP contribution in [0.25, 0.3) is 0 Å². The Hall–Kier alpha value is -3.30. The first-order valence-corrected chi connectivity index (χ1v) is 9.35. The van der Waals surface area contributed by atoms with E-state index in [9.17, 15) is 9.59 Å². The maximum atomic E-state index is 12.6. The zero-order valence-electron chi connectivity index (χ0n) is 16.2. The topological polar surface area (TPSA) is 79.8 Å². The van der Waals surface area contributed by atoms with Gasteiger partial charge >= 0.3 is 0 Å². The maximum absolute atomic E-state index is 12.6. The summed E-state index contributed by atoms with van der Waals surface area (Å²) in [6.45, 7) is 3.77. The van der Waals surface area contributed by atoms with E-state index < -0.39 is 17.9 Å². The highest BCUT2D eigenvalue weighted by Gasteiger charge is 2.25. The van der Waals surface area contributed by atoms with Gasteiger partial charge in [-0.25, -0.2) is 5.43 Å². The SMILES string of the molecule is C#CCOc1ccccc1C=NNC(=O)C(NC(=O)c1ccccc1Cl)C(C)C. The molecular weight excluding hydrogens is 390 g/mol. The van der Waals surface area contributed by atoms with E-state index in [1.807, 2.05) is 19.9 Å². The smallest absolute Gasteiger partial charge is 0.262 e. The number of hydrogen-bond donors (Lipinski definition) is 2. The highest BCUT2D eigenvalue weighted by atomic mass is 35.5. The van der Waals surface area contributed by atoms with Crippen LogP contribution < -0.4 is 15.5 Å². The molecule has 0 heterocycles. The normalized spacial score (nSPS) is 11.7. The average Bonchev–Trinajstić information content (AvgIpc) is 2.71. The van der Waals surface area contributed by atoms with Gasteiger partial charge in [-0.05, 0) is 30.2 Å². The minimum absolute atomic E-state index is 0.126. The number of benzene rings is 2. The van der Waals surface area contributed by atoms with Crippen LogP contribution in [0.2, 0.25) is 5.02 Å². The third-order valence-corrected chi connectivity index (χ3v) is 4.29. The molecule has 2 aromatic carbocycles. The van der Waals surface area contributed by atoms with Crippen molar-refractivity contribution in [1.82, 2.24) is 10.7 Å². The monoisotopic (exact) mass is 411 g/mol. The predicted octanol–water partition coefficient (Wildman–Crippen LogP) is 3.26. The zero-order chi connectivity index (χ0) is 21.2. The molecule has 0 aliphatic carbocycles. The molecule has 2 aromatic rings. The fourth-order valence-corrected chi connectivity index (χ4v) is 2.69. The minimum atomic E-state index is -0.788. The highest BCUT2D eigenvalue weighted by Crippen LogP contribution is 2.16. The minimum Gasteiger partial charge on any atom is -0.480 e. The Bertz CT molecular complexity index is 935. The summed E-state index contributed by atoms with van der Waals surface area (Å²) < 4.78 is 5.43. The van der Waals surface area contributed by atoms with Gasteiger partial charge in [-0.1, -0.05) is 55.6 Å². The van der Waals surface area contributed by atoms with Crippen LogP contribution in [0.4, 0.5) is 0 Å². The van der Waals surface area contributed by atoms with Gasteiger partial charge in [-0.3, -0.25) is 9.59 Å². The van der Waals surface area contributed by atoms with Crippen molar-refractivity contribution in [3.05, 3.63) is 64.7 Å². The number of terminal acetylenes is 1. The number of hydrazone groups is 1. The number of halogens is 1. The number of hydrogen-bond acceptors (Lipinski definition) is 4. The summed E-state index contributed by atoms with van der Waals surface area (Å²) >= 11 is 6.06. The lowest BCUT2D eigenvalue weighted by molar-refractivity contribution is -0.123. The molecule has 1 atom stereocenters. The third kappa shape index (κ3) is 6.37. The molecule has 7 heteroatoms. The average molecular weight is 412 g/mol. The van der Waals surface area contributed by atoms with Crippen molar-refractivity contribution in [3.8, 4) is 18.1 Å². The molecule has 150 valence electrons. The molecular formula is C22H22ClN3O3. The number of carbonyl (C=O) groups is 2. The van der Waals surface area contributed by atoms with E-state index in [0.717, 1.165) is 0 Å². The molecule has 2 N–H and O–H groups in total. The lowest BCUT2D eigenvalue weighted by atomic mass is 10.0. The van der Waals surface area contributed by atoms with E-state index in [1.165, 1.54) is 6.21 Å². The number of carbonyl (C=O) groups excluding carboxylic acids is 2. The lowest BCUT2D eigenvalue weighted by Gasteiger charge is -2.20. The van der Waals surface area contributed by atoms with Gasteiger partial charge in [0.15, 0.2) is 0 Å². The Morgan fingerprint density at radius 1 is 1.21 bits per heavy atom. The van der Waals surface area contributed by atoms with Crippen LogP contribution in [0.5, 0.6) is 5.75 Å². The molecule has 0 radical (unpaired) electrons. The van der Waals surface area contributed by atoms with Crippen molar-refractivity contribution >= 4 is 29.6 Å². The Morgan fingerprint density at radius 3 is 2.59 bits per heavy atom. The van der Waals surface area contributed by atoms with Crippen LogP contribution >= 0.6 is 11.6 Å². The molecule has 0 fully saturated rings. The van der Waals surface area contributed by atoms with Crippen molar-refractivity contribution in [2.75, 3.05) is 6.61 Å². The fraction of sp³-hybridized carbons (Fsp3) is 0.227. The van der Waals surface area contributed by atoms with E-state index in [-0.39, 0.29) is 12.5 Å². The van der Waals surface area contributed by atoms with Gasteiger partial charge in [0.2, 0.25) is 0 Å². The van der Waals surface area contributed by atoms with Crippen molar-refractivity contribution in [1.29, 1.82) is 0 Å². The van der Waals surface area contributed by atoms with Gasteiger partial charge in [0.25, 0.3) is 11.8 Å². The molecule has 2 rings (SSSR count). The summed E-state index contributed by atoms with van der Waals surface area (Å²) in [6, 6.07) is 13.0. The Kier molecular flexibility index (Phi) is 8.26. The number of para-hydroxylation sites is 1. The second-order valence-electron chi connectivity index (χ2n) is 6.44. The first kappa shape index (κ1) is 22.0. The van der Waals surface area contributed by atoms with E-state index >= 15 is 0 Å². The Balaban J connectivity index is 2.05. The van der Waals surface area contributed by atoms with Gasteiger partial charge in [0.1, 0.15) is 18.4 Å². The quantitative estimate of drug-likeness (QED) is 0.397. The fourth-order valence-electron chi connectivity index (χ4n) is 2.47. The van der Waals surface area contributed by atoms with Gasteiger partial charge in [0, 0.05) is 5.56 Å². The van der Waals surface area contributed by atoms with E-state index in [2.05, 4.69) is 21.8 Å². The molecule has 0 aromatic heterocycles. The van der Waals surface area contributed by atoms with Crippen LogP contribution in [-0.4, -0.2) is 30.7 Å². The molecule has 1 unspecified atom stereocenters. The second kappa shape index (κ2) is 10.9. The molecule has 0 saturated heterocycles. The van der Waals surface area contributed by atoms with Crippen molar-refractivity contribution in [2.45, 2.75) is 19.9 Å². The van der Waals surface area contributed by atoms with E-state index in [4.69, 9.17) is 22.8 Å². The Labute approximate surface area is 175 Å². The third-order valence-electron chi connectivity index (χ3n) is 3.96. The summed E-state index contributed by atoms with van der Waals surface area (Å²) in [7, 11) is 0. The van der Waals surface area contributed by atoms with E-state index in [0.29, 0.717) is 21.9 Å². The first-order valence-electron chi connectivity index (χ1n) is 8.97. The van der Waals surface area contributed by atoms with Gasteiger partial charge in [-0.2, -0.15) is 5.10 Å².